The standard InChI is InChI=1S/C24H45NO2Si/c1-10-14-19(2)23-20(3)17-18-21(27-28(8,9)24(4,5)6)15-12-11-13-16-22(26)25(23)7/h14,17-18,20-21,23H,10-13,15-16H2,1-9H3/b18-17+,19-14+/t20-,21?,23+/m0/s1. The van der Waals surface area contributed by atoms with Crippen molar-refractivity contribution < 1.29 is 9.22 Å². The Morgan fingerprint density at radius 2 is 1.89 bits per heavy atom. The summed E-state index contributed by atoms with van der Waals surface area (Å²) < 4.78 is 6.74. The van der Waals surface area contributed by atoms with Gasteiger partial charge in [0.25, 0.3) is 0 Å². The van der Waals surface area contributed by atoms with Crippen molar-refractivity contribution in [3.8, 4) is 0 Å². The monoisotopic (exact) mass is 407 g/mol. The van der Waals surface area contributed by atoms with Crippen molar-refractivity contribution in [2.45, 2.75) is 110 Å². The molecule has 0 spiro atoms. The molecular weight excluding hydrogens is 362 g/mol. The maximum absolute atomic E-state index is 12.7. The number of rotatable bonds is 4. The van der Waals surface area contributed by atoms with E-state index in [2.05, 4.69) is 72.9 Å². The molecule has 0 aromatic carbocycles. The molecule has 0 aromatic heterocycles. The first-order chi connectivity index (χ1) is 12.9. The Balaban J connectivity index is 3.14. The highest BCUT2D eigenvalue weighted by molar-refractivity contribution is 6.74. The van der Waals surface area contributed by atoms with Gasteiger partial charge in [-0.15, -0.1) is 0 Å². The smallest absolute Gasteiger partial charge is 0.222 e. The van der Waals surface area contributed by atoms with Gasteiger partial charge >= 0.3 is 0 Å². The van der Waals surface area contributed by atoms with Crippen LogP contribution in [0, 0.1) is 5.92 Å². The van der Waals surface area contributed by atoms with E-state index < -0.39 is 8.32 Å². The van der Waals surface area contributed by atoms with E-state index in [1.165, 1.54) is 5.57 Å². The molecule has 1 unspecified atom stereocenters. The predicted molar refractivity (Wildman–Crippen MR) is 124 cm³/mol. The van der Waals surface area contributed by atoms with E-state index in [0.29, 0.717) is 6.42 Å². The van der Waals surface area contributed by atoms with Crippen molar-refractivity contribution >= 4 is 14.2 Å². The highest BCUT2D eigenvalue weighted by Crippen LogP contribution is 2.38. The lowest BCUT2D eigenvalue weighted by Crippen LogP contribution is -2.44. The number of nitrogens with zero attached hydrogens (tertiary/aromatic N) is 1. The first-order valence-electron chi connectivity index (χ1n) is 11.2. The fourth-order valence-electron chi connectivity index (χ4n) is 3.80. The molecule has 0 aromatic rings. The van der Waals surface area contributed by atoms with E-state index in [9.17, 15) is 4.79 Å². The summed E-state index contributed by atoms with van der Waals surface area (Å²) in [6.45, 7) is 18.1. The Labute approximate surface area is 175 Å². The first kappa shape index (κ1) is 25.2. The van der Waals surface area contributed by atoms with Gasteiger partial charge in [0.15, 0.2) is 8.32 Å². The molecule has 1 rings (SSSR count). The maximum Gasteiger partial charge on any atom is 0.222 e. The Morgan fingerprint density at radius 1 is 1.25 bits per heavy atom. The first-order valence-corrected chi connectivity index (χ1v) is 14.1. The number of allylic oxidation sites excluding steroid dienone is 1. The summed E-state index contributed by atoms with van der Waals surface area (Å²) in [4.78, 5) is 14.7. The summed E-state index contributed by atoms with van der Waals surface area (Å²) >= 11 is 0. The molecule has 0 N–H and O–H groups in total. The SMILES string of the molecule is CC/C=C(\C)[C@@H]1[C@@H](C)/C=C/C(O[Si](C)(C)C(C)(C)C)CCCCCC(=O)N1C. The minimum Gasteiger partial charge on any atom is -0.411 e. The molecule has 1 aliphatic rings. The molecule has 0 saturated carbocycles. The zero-order valence-corrected chi connectivity index (χ0v) is 21.0. The molecule has 0 aliphatic carbocycles. The zero-order chi connectivity index (χ0) is 21.5. The summed E-state index contributed by atoms with van der Waals surface area (Å²) in [5, 5.41) is 0.214. The van der Waals surface area contributed by atoms with Crippen LogP contribution in [0.2, 0.25) is 18.1 Å². The van der Waals surface area contributed by atoms with Gasteiger partial charge in [-0.25, -0.2) is 0 Å². The van der Waals surface area contributed by atoms with E-state index in [-0.39, 0.29) is 29.0 Å². The van der Waals surface area contributed by atoms with Crippen LogP contribution in [-0.2, 0) is 9.22 Å². The highest BCUT2D eigenvalue weighted by atomic mass is 28.4. The number of amides is 1. The summed E-state index contributed by atoms with van der Waals surface area (Å²) in [5.74, 6) is 0.533. The number of hydrogen-bond donors (Lipinski definition) is 0. The molecule has 4 heteroatoms. The molecule has 28 heavy (non-hydrogen) atoms. The van der Waals surface area contributed by atoms with Crippen molar-refractivity contribution in [1.29, 1.82) is 0 Å². The van der Waals surface area contributed by atoms with Gasteiger partial charge in [0.05, 0.1) is 12.1 Å². The lowest BCUT2D eigenvalue weighted by molar-refractivity contribution is -0.132. The van der Waals surface area contributed by atoms with Crippen LogP contribution in [0.5, 0.6) is 0 Å². The minimum atomic E-state index is -1.81. The normalized spacial score (nSPS) is 27.9. The van der Waals surface area contributed by atoms with Gasteiger partial charge in [0.1, 0.15) is 0 Å². The molecule has 0 radical (unpaired) electrons. The van der Waals surface area contributed by atoms with Crippen molar-refractivity contribution in [3.63, 3.8) is 0 Å². The summed E-state index contributed by atoms with van der Waals surface area (Å²) in [6, 6.07) is 0.122. The lowest BCUT2D eigenvalue weighted by atomic mass is 9.91. The molecule has 0 bridgehead atoms. The van der Waals surface area contributed by atoms with Crippen molar-refractivity contribution in [2.24, 2.45) is 5.92 Å². The zero-order valence-electron chi connectivity index (χ0n) is 20.0. The lowest BCUT2D eigenvalue weighted by Gasteiger charge is -2.39. The Bertz CT molecular complexity index is 559. The van der Waals surface area contributed by atoms with Gasteiger partial charge in [0, 0.05) is 13.5 Å². The summed E-state index contributed by atoms with van der Waals surface area (Å²) in [6.07, 6.45) is 12.9. The van der Waals surface area contributed by atoms with E-state index in [1.807, 2.05) is 11.9 Å². The number of likely N-dealkylation sites (N-methyl/N-ethyl adjacent to an activating group) is 1. The Morgan fingerprint density at radius 3 is 2.46 bits per heavy atom. The fraction of sp³-hybridized carbons (Fsp3) is 0.792. The van der Waals surface area contributed by atoms with Crippen molar-refractivity contribution in [3.05, 3.63) is 23.8 Å². The topological polar surface area (TPSA) is 29.5 Å². The maximum atomic E-state index is 12.7. The molecule has 0 saturated heterocycles. The number of hydrogen-bond acceptors (Lipinski definition) is 2. The van der Waals surface area contributed by atoms with Gasteiger partial charge in [-0.05, 0) is 50.2 Å². The third-order valence-corrected chi connectivity index (χ3v) is 11.1. The Kier molecular flexibility index (Phi) is 9.68. The van der Waals surface area contributed by atoms with Crippen LogP contribution in [0.15, 0.2) is 23.8 Å². The Hall–Kier alpha value is -0.873. The molecule has 3 nitrogen and oxygen atoms in total. The van der Waals surface area contributed by atoms with Crippen LogP contribution in [0.1, 0.15) is 80.1 Å². The second-order valence-electron chi connectivity index (χ2n) is 10.1. The second kappa shape index (κ2) is 10.8. The summed E-state index contributed by atoms with van der Waals surface area (Å²) in [7, 11) is 0.164. The van der Waals surface area contributed by atoms with E-state index >= 15 is 0 Å². The van der Waals surface area contributed by atoms with Crippen LogP contribution < -0.4 is 0 Å². The van der Waals surface area contributed by atoms with Crippen LogP contribution in [0.25, 0.3) is 0 Å². The largest absolute Gasteiger partial charge is 0.411 e. The highest BCUT2D eigenvalue weighted by Gasteiger charge is 2.38. The van der Waals surface area contributed by atoms with Gasteiger partial charge in [0.2, 0.25) is 5.91 Å². The average Bonchev–Trinajstić information content (AvgIpc) is 2.57. The third-order valence-electron chi connectivity index (χ3n) is 6.56. The van der Waals surface area contributed by atoms with E-state index in [4.69, 9.17) is 4.43 Å². The molecule has 1 aliphatic heterocycles. The average molecular weight is 408 g/mol. The van der Waals surface area contributed by atoms with Gasteiger partial charge < -0.3 is 9.33 Å². The molecule has 3 atom stereocenters. The second-order valence-corrected chi connectivity index (χ2v) is 14.8. The van der Waals surface area contributed by atoms with Crippen LogP contribution in [0.3, 0.4) is 0 Å². The van der Waals surface area contributed by atoms with E-state index in [0.717, 1.165) is 32.1 Å². The molecular formula is C24H45NO2Si. The quantitative estimate of drug-likeness (QED) is 0.382. The fourth-order valence-corrected chi connectivity index (χ4v) is 5.11. The van der Waals surface area contributed by atoms with Crippen LogP contribution in [-0.4, -0.2) is 38.3 Å². The summed E-state index contributed by atoms with van der Waals surface area (Å²) in [5.41, 5.74) is 1.29. The molecule has 162 valence electrons. The van der Waals surface area contributed by atoms with E-state index in [1.54, 1.807) is 0 Å². The van der Waals surface area contributed by atoms with Gasteiger partial charge in [-0.2, -0.15) is 0 Å². The number of carbonyl (C=O) groups excluding carboxylic acids is 1. The minimum absolute atomic E-state index is 0.122. The van der Waals surface area contributed by atoms with Crippen LogP contribution >= 0.6 is 0 Å². The molecule has 1 heterocycles. The molecule has 1 amide bonds. The van der Waals surface area contributed by atoms with Gasteiger partial charge in [-0.1, -0.05) is 71.3 Å². The van der Waals surface area contributed by atoms with Crippen LogP contribution in [0.4, 0.5) is 0 Å². The number of carbonyl (C=O) groups is 1. The predicted octanol–water partition coefficient (Wildman–Crippen LogP) is 6.72. The van der Waals surface area contributed by atoms with Crippen molar-refractivity contribution in [1.82, 2.24) is 4.90 Å². The van der Waals surface area contributed by atoms with Gasteiger partial charge in [-0.3, -0.25) is 4.79 Å². The third kappa shape index (κ3) is 7.18. The molecule has 0 fully saturated rings. The van der Waals surface area contributed by atoms with Crippen molar-refractivity contribution in [2.75, 3.05) is 7.05 Å².